The number of methoxy groups -OCH3 is 1. The molecule has 1 aromatic carbocycles. The standard InChI is InChI=1S/C32H43N3O2.C6H12/c1-25-8-6-7-9-28(13-10-25)32(3,29-14-11-26(2)12-15-29)34-20-21-35(30(23-34)24-37-5)31(36)22-27-16-18-33(4)19-17-27;1-3-5-6-4-2/h9-15,24-25,27H,7,16-23H2,1-5H3;3,5H,4,6H2,1-2H3/b13-10-,28-9+,30-24+;5-3-. The van der Waals surface area contributed by atoms with Crippen molar-refractivity contribution >= 4 is 5.91 Å². The van der Waals surface area contributed by atoms with E-state index in [1.54, 1.807) is 13.4 Å². The van der Waals surface area contributed by atoms with E-state index >= 15 is 0 Å². The maximum absolute atomic E-state index is 13.5. The molecule has 3 aliphatic rings. The van der Waals surface area contributed by atoms with E-state index in [1.807, 2.05) is 4.90 Å². The minimum absolute atomic E-state index is 0.226. The van der Waals surface area contributed by atoms with Crippen molar-refractivity contribution in [2.24, 2.45) is 11.8 Å². The summed E-state index contributed by atoms with van der Waals surface area (Å²) in [4.78, 5) is 20.3. The lowest BCUT2D eigenvalue weighted by Crippen LogP contribution is -2.55. The molecule has 0 bridgehead atoms. The second-order valence-corrected chi connectivity index (χ2v) is 12.4. The zero-order valence-electron chi connectivity index (χ0n) is 27.9. The lowest BCUT2D eigenvalue weighted by molar-refractivity contribution is -0.132. The summed E-state index contributed by atoms with van der Waals surface area (Å²) in [6.45, 7) is 15.1. The Balaban J connectivity index is 0.000000765. The largest absolute Gasteiger partial charge is 0.502 e. The molecule has 43 heavy (non-hydrogen) atoms. The molecule has 1 aromatic rings. The summed E-state index contributed by atoms with van der Waals surface area (Å²) >= 11 is 0. The second kappa shape index (κ2) is 17.3. The molecule has 2 fully saturated rings. The van der Waals surface area contributed by atoms with Crippen molar-refractivity contribution in [2.75, 3.05) is 46.9 Å². The van der Waals surface area contributed by atoms with Gasteiger partial charge in [0, 0.05) is 38.4 Å². The van der Waals surface area contributed by atoms with Crippen molar-refractivity contribution in [3.63, 3.8) is 0 Å². The molecule has 2 heterocycles. The van der Waals surface area contributed by atoms with E-state index < -0.39 is 0 Å². The monoisotopic (exact) mass is 585 g/mol. The van der Waals surface area contributed by atoms with Crippen LogP contribution in [-0.2, 0) is 15.1 Å². The zero-order valence-corrected chi connectivity index (χ0v) is 27.9. The number of benzene rings is 1. The van der Waals surface area contributed by atoms with Crippen LogP contribution in [0.3, 0.4) is 0 Å². The highest BCUT2D eigenvalue weighted by atomic mass is 16.5. The van der Waals surface area contributed by atoms with Crippen LogP contribution >= 0.6 is 0 Å². The molecule has 2 aliphatic heterocycles. The minimum atomic E-state index is -0.362. The van der Waals surface area contributed by atoms with Gasteiger partial charge in [-0.25, -0.2) is 0 Å². The van der Waals surface area contributed by atoms with Crippen LogP contribution in [-0.4, -0.2) is 67.5 Å². The maximum atomic E-state index is 13.5. The van der Waals surface area contributed by atoms with E-state index in [9.17, 15) is 4.79 Å². The number of carbonyl (C=O) groups is 1. The summed E-state index contributed by atoms with van der Waals surface area (Å²) in [6.07, 6.45) is 18.8. The number of likely N-dealkylation sites (tertiary alicyclic amines) is 1. The Labute approximate surface area is 262 Å². The average Bonchev–Trinajstić information content (AvgIpc) is 2.99. The maximum Gasteiger partial charge on any atom is 0.227 e. The lowest BCUT2D eigenvalue weighted by Gasteiger charge is -2.48. The van der Waals surface area contributed by atoms with Gasteiger partial charge in [0.2, 0.25) is 5.91 Å². The Morgan fingerprint density at radius 2 is 1.86 bits per heavy atom. The molecule has 2 atom stereocenters. The Morgan fingerprint density at radius 1 is 1.14 bits per heavy atom. The first kappa shape index (κ1) is 34.4. The van der Waals surface area contributed by atoms with Crippen LogP contribution in [0.1, 0.15) is 77.3 Å². The van der Waals surface area contributed by atoms with Crippen LogP contribution in [0.2, 0.25) is 0 Å². The molecule has 0 aromatic heterocycles. The first-order chi connectivity index (χ1) is 20.7. The summed E-state index contributed by atoms with van der Waals surface area (Å²) < 4.78 is 5.51. The van der Waals surface area contributed by atoms with Crippen LogP contribution in [0.5, 0.6) is 0 Å². The molecule has 2 unspecified atom stereocenters. The van der Waals surface area contributed by atoms with Crippen LogP contribution in [0, 0.1) is 30.6 Å². The first-order valence-corrected chi connectivity index (χ1v) is 16.2. The predicted octanol–water partition coefficient (Wildman–Crippen LogP) is 7.46. The minimum Gasteiger partial charge on any atom is -0.502 e. The Kier molecular flexibility index (Phi) is 13.8. The molecule has 2 saturated heterocycles. The summed E-state index contributed by atoms with van der Waals surface area (Å²) in [5.74, 6) is 7.53. The van der Waals surface area contributed by atoms with Gasteiger partial charge in [-0.15, -0.1) is 0 Å². The number of carbonyl (C=O) groups excluding carboxylic acids is 1. The Bertz CT molecular complexity index is 1210. The molecule has 0 N–H and O–H groups in total. The summed E-state index contributed by atoms with van der Waals surface area (Å²) in [6, 6.07) is 8.87. The molecule has 0 spiro atoms. The molecule has 0 saturated carbocycles. The molecule has 4 rings (SSSR count). The topological polar surface area (TPSA) is 36.0 Å². The third kappa shape index (κ3) is 9.71. The number of allylic oxidation sites excluding steroid dienone is 4. The van der Waals surface area contributed by atoms with Gasteiger partial charge in [-0.1, -0.05) is 85.4 Å². The van der Waals surface area contributed by atoms with Crippen molar-refractivity contribution < 1.29 is 9.53 Å². The van der Waals surface area contributed by atoms with Gasteiger partial charge in [0.05, 0.1) is 18.3 Å². The smallest absolute Gasteiger partial charge is 0.227 e. The van der Waals surface area contributed by atoms with E-state index in [0.29, 0.717) is 25.4 Å². The number of unbranched alkanes of at least 4 members (excludes halogenated alkanes) is 1. The fraction of sp³-hybridized carbons (Fsp3) is 0.553. The normalized spacial score (nSPS) is 24.4. The van der Waals surface area contributed by atoms with Crippen LogP contribution in [0.25, 0.3) is 0 Å². The molecular formula is C38H55N3O2. The molecule has 0 radical (unpaired) electrons. The number of rotatable bonds is 8. The van der Waals surface area contributed by atoms with Crippen LogP contribution < -0.4 is 0 Å². The zero-order chi connectivity index (χ0) is 31.2. The summed E-state index contributed by atoms with van der Waals surface area (Å²) in [5.41, 5.74) is 4.32. The number of hydrogen-bond acceptors (Lipinski definition) is 4. The quantitative estimate of drug-likeness (QED) is 0.180. The van der Waals surface area contributed by atoms with Gasteiger partial charge in [-0.05, 0) is 84.1 Å². The number of nitrogens with zero attached hydrogens (tertiary/aromatic N) is 3. The average molecular weight is 586 g/mol. The Morgan fingerprint density at radius 3 is 2.49 bits per heavy atom. The SMILES string of the molecule is C/C=C\CCC.CO/C=C1\CN(C(C)(C2=C/CC#CC(C)/C=C\2)c2ccc(C)cc2)CCN1C(=O)CC1CCN(C)CC1. The van der Waals surface area contributed by atoms with Crippen molar-refractivity contribution in [1.29, 1.82) is 0 Å². The first-order valence-electron chi connectivity index (χ1n) is 16.2. The number of piperidine rings is 1. The van der Waals surface area contributed by atoms with Crippen molar-refractivity contribution in [2.45, 2.75) is 78.7 Å². The van der Waals surface area contributed by atoms with Crippen LogP contribution in [0.4, 0.5) is 0 Å². The van der Waals surface area contributed by atoms with Gasteiger partial charge < -0.3 is 14.5 Å². The lowest BCUT2D eigenvalue weighted by atomic mass is 9.80. The van der Waals surface area contributed by atoms with Crippen molar-refractivity contribution in [3.8, 4) is 11.8 Å². The van der Waals surface area contributed by atoms with Gasteiger partial charge in [0.25, 0.3) is 0 Å². The van der Waals surface area contributed by atoms with Gasteiger partial charge in [-0.3, -0.25) is 9.69 Å². The van der Waals surface area contributed by atoms with Crippen molar-refractivity contribution in [1.82, 2.24) is 14.7 Å². The highest BCUT2D eigenvalue weighted by Gasteiger charge is 2.40. The highest BCUT2D eigenvalue weighted by molar-refractivity contribution is 5.78. The van der Waals surface area contributed by atoms with Gasteiger partial charge in [-0.2, -0.15) is 0 Å². The third-order valence-corrected chi connectivity index (χ3v) is 8.97. The third-order valence-electron chi connectivity index (χ3n) is 8.97. The van der Waals surface area contributed by atoms with E-state index in [2.05, 4.69) is 118 Å². The van der Waals surface area contributed by atoms with E-state index in [1.165, 1.54) is 29.5 Å². The van der Waals surface area contributed by atoms with E-state index in [-0.39, 0.29) is 17.4 Å². The van der Waals surface area contributed by atoms with Crippen molar-refractivity contribution in [3.05, 3.63) is 83.3 Å². The number of amides is 1. The fourth-order valence-electron chi connectivity index (χ4n) is 6.10. The second-order valence-electron chi connectivity index (χ2n) is 12.4. The molecule has 5 nitrogen and oxygen atoms in total. The van der Waals surface area contributed by atoms with E-state index in [0.717, 1.165) is 44.6 Å². The number of ether oxygens (including phenoxy) is 1. The molecule has 5 heteroatoms. The van der Waals surface area contributed by atoms with Gasteiger partial charge in [0.15, 0.2) is 0 Å². The van der Waals surface area contributed by atoms with Crippen LogP contribution in [0.15, 0.2) is 72.2 Å². The molecule has 1 amide bonds. The number of hydrogen-bond donors (Lipinski definition) is 0. The Hall–Kier alpha value is -3.07. The van der Waals surface area contributed by atoms with Gasteiger partial charge in [0.1, 0.15) is 6.26 Å². The van der Waals surface area contributed by atoms with Gasteiger partial charge >= 0.3 is 0 Å². The summed E-state index contributed by atoms with van der Waals surface area (Å²) in [7, 11) is 3.83. The molecule has 234 valence electrons. The summed E-state index contributed by atoms with van der Waals surface area (Å²) in [5, 5.41) is 0. The highest BCUT2D eigenvalue weighted by Crippen LogP contribution is 2.39. The fourth-order valence-corrected chi connectivity index (χ4v) is 6.10. The number of piperazine rings is 1. The van der Waals surface area contributed by atoms with E-state index in [4.69, 9.17) is 4.74 Å². The molecular weight excluding hydrogens is 530 g/mol. The molecule has 1 aliphatic carbocycles. The number of aryl methyl sites for hydroxylation is 1. The predicted molar refractivity (Wildman–Crippen MR) is 180 cm³/mol.